The zero-order chi connectivity index (χ0) is 10.8. The Morgan fingerprint density at radius 2 is 1.79 bits per heavy atom. The highest BCUT2D eigenvalue weighted by atomic mass is 32.2. The first-order chi connectivity index (χ1) is 6.76. The van der Waals surface area contributed by atoms with Crippen LogP contribution in [0.5, 0.6) is 0 Å². The van der Waals surface area contributed by atoms with Gasteiger partial charge in [0.05, 0.1) is 11.9 Å². The number of isocyanates is 3. The maximum Gasteiger partial charge on any atom is 0.236 e. The summed E-state index contributed by atoms with van der Waals surface area (Å²) in [5.41, 5.74) is 0. The van der Waals surface area contributed by atoms with Gasteiger partial charge in [0.15, 0.2) is 0 Å². The van der Waals surface area contributed by atoms with Crippen molar-refractivity contribution in [1.29, 1.82) is 0 Å². The number of nitrogens with zero attached hydrogens (tertiary/aromatic N) is 3. The van der Waals surface area contributed by atoms with Crippen LogP contribution in [0.2, 0.25) is 0 Å². The van der Waals surface area contributed by atoms with Crippen LogP contribution in [0.3, 0.4) is 0 Å². The topological polar surface area (TPSA) is 88.3 Å². The van der Waals surface area contributed by atoms with Crippen LogP contribution in [0.15, 0.2) is 15.0 Å². The summed E-state index contributed by atoms with van der Waals surface area (Å²) >= 11 is 1.09. The Balaban J connectivity index is 4.34. The summed E-state index contributed by atoms with van der Waals surface area (Å²) < 4.78 is 0. The van der Waals surface area contributed by atoms with Crippen molar-refractivity contribution in [1.82, 2.24) is 0 Å². The second kappa shape index (κ2) is 8.10. The molecule has 14 heavy (non-hydrogen) atoms. The molecule has 0 rings (SSSR count). The Labute approximate surface area is 84.2 Å². The zero-order valence-corrected chi connectivity index (χ0v) is 8.15. The molecule has 2 atom stereocenters. The number of carbonyl (C=O) groups excluding carboxylic acids is 3. The first-order valence-corrected chi connectivity index (χ1v) is 4.60. The minimum atomic E-state index is -0.578. The van der Waals surface area contributed by atoms with Crippen LogP contribution in [0, 0.1) is 0 Å². The van der Waals surface area contributed by atoms with E-state index in [2.05, 4.69) is 15.0 Å². The van der Waals surface area contributed by atoms with Gasteiger partial charge >= 0.3 is 0 Å². The molecule has 0 N–H and O–H groups in total. The molecule has 2 unspecified atom stereocenters. The second-order valence-corrected chi connectivity index (χ2v) is 3.19. The molecule has 0 aliphatic rings. The second-order valence-electron chi connectivity index (χ2n) is 2.12. The Morgan fingerprint density at radius 1 is 1.14 bits per heavy atom. The first-order valence-electron chi connectivity index (χ1n) is 3.55. The Morgan fingerprint density at radius 3 is 2.29 bits per heavy atom. The minimum absolute atomic E-state index is 0.109. The van der Waals surface area contributed by atoms with E-state index in [0.717, 1.165) is 11.8 Å². The van der Waals surface area contributed by atoms with Crippen LogP contribution in [0.1, 0.15) is 6.92 Å². The predicted molar refractivity (Wildman–Crippen MR) is 50.1 cm³/mol. The lowest BCUT2D eigenvalue weighted by Crippen LogP contribution is -2.15. The van der Waals surface area contributed by atoms with E-state index < -0.39 is 11.4 Å². The van der Waals surface area contributed by atoms with Gasteiger partial charge in [-0.1, -0.05) is 0 Å². The first kappa shape index (κ1) is 12.5. The molecule has 0 aliphatic carbocycles. The normalized spacial score (nSPS) is 12.6. The number of hydrogen-bond acceptors (Lipinski definition) is 7. The largest absolute Gasteiger partial charge is 0.236 e. The number of aliphatic imine (C=N–C) groups is 3. The molecule has 0 heterocycles. The maximum atomic E-state index is 10.0. The van der Waals surface area contributed by atoms with Crippen molar-refractivity contribution >= 4 is 30.0 Å². The van der Waals surface area contributed by atoms with Gasteiger partial charge in [0.1, 0.15) is 5.37 Å². The third-order valence-electron chi connectivity index (χ3n) is 1.22. The summed E-state index contributed by atoms with van der Waals surface area (Å²) in [5.74, 6) is 0.109. The van der Waals surface area contributed by atoms with Crippen LogP contribution in [-0.4, -0.2) is 35.5 Å². The molecular formula is C7H7N3O3S. The molecule has 0 aromatic rings. The maximum absolute atomic E-state index is 10.0. The van der Waals surface area contributed by atoms with Crippen molar-refractivity contribution < 1.29 is 14.4 Å². The van der Waals surface area contributed by atoms with E-state index in [-0.39, 0.29) is 5.88 Å². The number of thioether (sulfide) groups is 1. The molecule has 0 fully saturated rings. The summed E-state index contributed by atoms with van der Waals surface area (Å²) in [7, 11) is 0. The van der Waals surface area contributed by atoms with E-state index in [1.807, 2.05) is 0 Å². The molecule has 0 amide bonds. The van der Waals surface area contributed by atoms with Gasteiger partial charge in [-0.3, -0.25) is 0 Å². The monoisotopic (exact) mass is 213 g/mol. The van der Waals surface area contributed by atoms with E-state index in [9.17, 15) is 14.4 Å². The fourth-order valence-corrected chi connectivity index (χ4v) is 1.36. The summed E-state index contributed by atoms with van der Waals surface area (Å²) in [6, 6.07) is -0.499. The van der Waals surface area contributed by atoms with Crippen LogP contribution in [0.4, 0.5) is 0 Å². The van der Waals surface area contributed by atoms with E-state index in [1.165, 1.54) is 18.2 Å². The van der Waals surface area contributed by atoms with Crippen molar-refractivity contribution in [3.05, 3.63) is 0 Å². The molecule has 7 heteroatoms. The lowest BCUT2D eigenvalue weighted by Gasteiger charge is -2.10. The molecule has 6 nitrogen and oxygen atoms in total. The van der Waals surface area contributed by atoms with Crippen LogP contribution in [0.25, 0.3) is 0 Å². The highest BCUT2D eigenvalue weighted by Gasteiger charge is 2.15. The van der Waals surface area contributed by atoms with Crippen molar-refractivity contribution in [2.75, 3.05) is 5.88 Å². The third-order valence-corrected chi connectivity index (χ3v) is 2.34. The average molecular weight is 213 g/mol. The van der Waals surface area contributed by atoms with Gasteiger partial charge in [0.25, 0.3) is 0 Å². The summed E-state index contributed by atoms with van der Waals surface area (Å²) in [4.78, 5) is 39.7. The molecule has 74 valence electrons. The van der Waals surface area contributed by atoms with Crippen molar-refractivity contribution in [2.45, 2.75) is 18.3 Å². The Bertz CT molecular complexity index is 314. The van der Waals surface area contributed by atoms with Gasteiger partial charge in [-0.25, -0.2) is 14.4 Å². The third kappa shape index (κ3) is 5.19. The fraction of sp³-hybridized carbons (Fsp3) is 0.571. The van der Waals surface area contributed by atoms with Gasteiger partial charge in [0, 0.05) is 0 Å². The zero-order valence-electron chi connectivity index (χ0n) is 7.34. The molecule has 0 saturated carbocycles. The van der Waals surface area contributed by atoms with Crippen LogP contribution < -0.4 is 0 Å². The lowest BCUT2D eigenvalue weighted by molar-refractivity contribution is 0.551. The number of rotatable bonds is 6. The number of hydrogen-bond donors (Lipinski definition) is 0. The molecule has 0 bridgehead atoms. The van der Waals surface area contributed by atoms with Crippen LogP contribution in [-0.2, 0) is 14.4 Å². The van der Waals surface area contributed by atoms with Gasteiger partial charge in [0.2, 0.25) is 18.2 Å². The Hall–Kier alpha value is -1.51. The van der Waals surface area contributed by atoms with Gasteiger partial charge in [-0.05, 0) is 6.92 Å². The molecule has 0 spiro atoms. The summed E-state index contributed by atoms with van der Waals surface area (Å²) in [6.07, 6.45) is 4.06. The average Bonchev–Trinajstić information content (AvgIpc) is 2.17. The standard InChI is InChI=1S/C7H7N3O3S/c1-6(9-3-12)7(10-4-13)14-5-8-2-11/h6-7H,5H2,1H3. The quantitative estimate of drug-likeness (QED) is 0.472. The van der Waals surface area contributed by atoms with Crippen molar-refractivity contribution in [3.63, 3.8) is 0 Å². The highest BCUT2D eigenvalue weighted by Crippen LogP contribution is 2.17. The van der Waals surface area contributed by atoms with Gasteiger partial charge < -0.3 is 0 Å². The molecular weight excluding hydrogens is 206 g/mol. The highest BCUT2D eigenvalue weighted by molar-refractivity contribution is 7.99. The van der Waals surface area contributed by atoms with E-state index >= 15 is 0 Å². The van der Waals surface area contributed by atoms with Gasteiger partial charge in [-0.2, -0.15) is 15.0 Å². The van der Waals surface area contributed by atoms with Crippen molar-refractivity contribution in [2.24, 2.45) is 15.0 Å². The van der Waals surface area contributed by atoms with Crippen LogP contribution >= 0.6 is 11.8 Å². The fourth-order valence-electron chi connectivity index (χ4n) is 0.623. The van der Waals surface area contributed by atoms with Crippen molar-refractivity contribution in [3.8, 4) is 0 Å². The van der Waals surface area contributed by atoms with E-state index in [0.29, 0.717) is 0 Å². The molecule has 0 radical (unpaired) electrons. The smallest absolute Gasteiger partial charge is 0.211 e. The summed E-state index contributed by atoms with van der Waals surface area (Å²) in [6.45, 7) is 1.59. The molecule has 0 aromatic heterocycles. The Kier molecular flexibility index (Phi) is 7.23. The lowest BCUT2D eigenvalue weighted by atomic mass is 10.4. The SMILES string of the molecule is CC(N=C=O)C(N=C=O)SCN=C=O. The summed E-state index contributed by atoms with van der Waals surface area (Å²) in [5, 5.41) is -0.578. The molecule has 0 aliphatic heterocycles. The predicted octanol–water partition coefficient (Wildman–Crippen LogP) is 0.399. The molecule has 0 saturated heterocycles. The van der Waals surface area contributed by atoms with E-state index in [4.69, 9.17) is 0 Å². The molecule has 0 aromatic carbocycles. The minimum Gasteiger partial charge on any atom is -0.211 e. The van der Waals surface area contributed by atoms with E-state index in [1.54, 1.807) is 6.92 Å². The van der Waals surface area contributed by atoms with Gasteiger partial charge in [-0.15, -0.1) is 11.8 Å².